The summed E-state index contributed by atoms with van der Waals surface area (Å²) in [7, 11) is 1.56. The topological polar surface area (TPSA) is 81.6 Å². The number of rotatable bonds is 4. The van der Waals surface area contributed by atoms with Crippen LogP contribution in [-0.4, -0.2) is 30.7 Å². The number of benzene rings is 1. The lowest BCUT2D eigenvalue weighted by atomic mass is 9.96. The summed E-state index contributed by atoms with van der Waals surface area (Å²) in [6.07, 6.45) is 3.10. The number of nitro groups is 1. The molecule has 2 N–H and O–H groups in total. The number of piperidine rings is 1. The van der Waals surface area contributed by atoms with Gasteiger partial charge in [0.2, 0.25) is 0 Å². The lowest BCUT2D eigenvalue weighted by Gasteiger charge is -2.39. The van der Waals surface area contributed by atoms with Gasteiger partial charge in [0.05, 0.1) is 12.0 Å². The molecule has 0 bridgehead atoms. The fourth-order valence-corrected chi connectivity index (χ4v) is 2.82. The monoisotopic (exact) mass is 279 g/mol. The first-order chi connectivity index (χ1) is 9.54. The van der Waals surface area contributed by atoms with Crippen LogP contribution in [0.3, 0.4) is 0 Å². The Morgan fingerprint density at radius 3 is 2.85 bits per heavy atom. The van der Waals surface area contributed by atoms with Crippen molar-refractivity contribution in [2.75, 3.05) is 18.6 Å². The van der Waals surface area contributed by atoms with E-state index >= 15 is 0 Å². The Morgan fingerprint density at radius 2 is 2.25 bits per heavy atom. The molecule has 1 aromatic carbocycles. The third-order valence-electron chi connectivity index (χ3n) is 3.84. The van der Waals surface area contributed by atoms with Crippen molar-refractivity contribution in [1.82, 2.24) is 0 Å². The molecule has 1 heterocycles. The molecule has 1 saturated heterocycles. The van der Waals surface area contributed by atoms with Gasteiger partial charge in [-0.1, -0.05) is 0 Å². The molecule has 0 spiro atoms. The normalized spacial score (nSPS) is 20.6. The number of ether oxygens (including phenoxy) is 1. The van der Waals surface area contributed by atoms with Crippen LogP contribution in [0.2, 0.25) is 0 Å². The molecule has 2 unspecified atom stereocenters. The molecule has 110 valence electrons. The van der Waals surface area contributed by atoms with Crippen LogP contribution in [0.5, 0.6) is 5.75 Å². The van der Waals surface area contributed by atoms with Crippen molar-refractivity contribution in [3.63, 3.8) is 0 Å². The summed E-state index contributed by atoms with van der Waals surface area (Å²) in [6, 6.07) is 4.96. The zero-order valence-electron chi connectivity index (χ0n) is 11.9. The van der Waals surface area contributed by atoms with Gasteiger partial charge < -0.3 is 15.4 Å². The minimum atomic E-state index is -0.346. The highest BCUT2D eigenvalue weighted by atomic mass is 16.6. The summed E-state index contributed by atoms with van der Waals surface area (Å²) >= 11 is 0. The summed E-state index contributed by atoms with van der Waals surface area (Å²) in [5.41, 5.74) is 6.77. The molecule has 0 aromatic heterocycles. The minimum absolute atomic E-state index is 0.0268. The first-order valence-corrected chi connectivity index (χ1v) is 6.89. The second-order valence-corrected chi connectivity index (χ2v) is 5.23. The van der Waals surface area contributed by atoms with Crippen molar-refractivity contribution in [1.29, 1.82) is 0 Å². The highest BCUT2D eigenvalue weighted by Crippen LogP contribution is 2.36. The molecule has 0 radical (unpaired) electrons. The van der Waals surface area contributed by atoms with Crippen LogP contribution in [-0.2, 0) is 0 Å². The maximum atomic E-state index is 11.2. The van der Waals surface area contributed by atoms with Crippen LogP contribution in [0.25, 0.3) is 0 Å². The van der Waals surface area contributed by atoms with Crippen LogP contribution in [0.1, 0.15) is 26.2 Å². The summed E-state index contributed by atoms with van der Waals surface area (Å²) in [4.78, 5) is 13.0. The van der Waals surface area contributed by atoms with E-state index in [1.165, 1.54) is 6.07 Å². The molecule has 0 saturated carbocycles. The molecular formula is C14H21N3O3. The van der Waals surface area contributed by atoms with E-state index in [9.17, 15) is 10.1 Å². The summed E-state index contributed by atoms with van der Waals surface area (Å²) in [6.45, 7) is 2.75. The fourth-order valence-electron chi connectivity index (χ4n) is 2.82. The quantitative estimate of drug-likeness (QED) is 0.675. The van der Waals surface area contributed by atoms with Gasteiger partial charge in [-0.3, -0.25) is 10.1 Å². The van der Waals surface area contributed by atoms with Gasteiger partial charge in [-0.25, -0.2) is 0 Å². The molecule has 1 fully saturated rings. The summed E-state index contributed by atoms with van der Waals surface area (Å²) in [5, 5.41) is 11.2. The third-order valence-corrected chi connectivity index (χ3v) is 3.84. The van der Waals surface area contributed by atoms with Gasteiger partial charge in [0.1, 0.15) is 11.4 Å². The van der Waals surface area contributed by atoms with Crippen LogP contribution in [0.4, 0.5) is 11.4 Å². The predicted molar refractivity (Wildman–Crippen MR) is 78.3 cm³/mol. The SMILES string of the molecule is COc1ccc([N+](=O)[O-])c(N2CCCCC2C(C)N)c1. The number of methoxy groups -OCH3 is 1. The molecule has 6 nitrogen and oxygen atoms in total. The van der Waals surface area contributed by atoms with Crippen molar-refractivity contribution >= 4 is 11.4 Å². The highest BCUT2D eigenvalue weighted by molar-refractivity contribution is 5.66. The van der Waals surface area contributed by atoms with Gasteiger partial charge >= 0.3 is 0 Å². The van der Waals surface area contributed by atoms with Crippen LogP contribution in [0.15, 0.2) is 18.2 Å². The van der Waals surface area contributed by atoms with Gasteiger partial charge in [0.15, 0.2) is 0 Å². The molecule has 0 amide bonds. The van der Waals surface area contributed by atoms with Gasteiger partial charge in [-0.2, -0.15) is 0 Å². The number of nitrogens with zero attached hydrogens (tertiary/aromatic N) is 2. The van der Waals surface area contributed by atoms with Crippen molar-refractivity contribution in [2.45, 2.75) is 38.3 Å². The van der Waals surface area contributed by atoms with Crippen LogP contribution in [0, 0.1) is 10.1 Å². The zero-order chi connectivity index (χ0) is 14.7. The molecular weight excluding hydrogens is 258 g/mol. The number of anilines is 1. The van der Waals surface area contributed by atoms with Crippen LogP contribution < -0.4 is 15.4 Å². The standard InChI is InChI=1S/C14H21N3O3/c1-10(15)12-5-3-4-8-16(12)14-9-11(20-2)6-7-13(14)17(18)19/h6-7,9-10,12H,3-5,8,15H2,1-2H3. The van der Waals surface area contributed by atoms with E-state index in [-0.39, 0.29) is 22.7 Å². The maximum Gasteiger partial charge on any atom is 0.292 e. The predicted octanol–water partition coefficient (Wildman–Crippen LogP) is 2.31. The Hall–Kier alpha value is -1.82. The number of nitro benzene ring substituents is 1. The van der Waals surface area contributed by atoms with Crippen molar-refractivity contribution in [3.05, 3.63) is 28.3 Å². The number of hydrogen-bond acceptors (Lipinski definition) is 5. The average molecular weight is 279 g/mol. The van der Waals surface area contributed by atoms with Crippen molar-refractivity contribution in [2.24, 2.45) is 5.73 Å². The van der Waals surface area contributed by atoms with E-state index in [4.69, 9.17) is 10.5 Å². The third kappa shape index (κ3) is 2.85. The Balaban J connectivity index is 2.44. The summed E-state index contributed by atoms with van der Waals surface area (Å²) in [5.74, 6) is 0.625. The van der Waals surface area contributed by atoms with Gasteiger partial charge in [-0.15, -0.1) is 0 Å². The lowest BCUT2D eigenvalue weighted by Crippen LogP contribution is -2.49. The van der Waals surface area contributed by atoms with E-state index in [0.717, 1.165) is 25.8 Å². The van der Waals surface area contributed by atoms with E-state index in [2.05, 4.69) is 4.90 Å². The number of hydrogen-bond donors (Lipinski definition) is 1. The molecule has 1 aliphatic rings. The molecule has 0 aliphatic carbocycles. The Bertz CT molecular complexity index is 491. The molecule has 2 atom stereocenters. The Morgan fingerprint density at radius 1 is 1.50 bits per heavy atom. The van der Waals surface area contributed by atoms with E-state index in [1.54, 1.807) is 19.2 Å². The molecule has 6 heteroatoms. The second kappa shape index (κ2) is 6.09. The van der Waals surface area contributed by atoms with Crippen molar-refractivity contribution in [3.8, 4) is 5.75 Å². The van der Waals surface area contributed by atoms with Gasteiger partial charge in [0.25, 0.3) is 5.69 Å². The van der Waals surface area contributed by atoms with E-state index in [1.807, 2.05) is 6.92 Å². The van der Waals surface area contributed by atoms with E-state index < -0.39 is 0 Å². The summed E-state index contributed by atoms with van der Waals surface area (Å²) < 4.78 is 5.20. The lowest BCUT2D eigenvalue weighted by molar-refractivity contribution is -0.384. The van der Waals surface area contributed by atoms with Gasteiger partial charge in [0, 0.05) is 30.8 Å². The Kier molecular flexibility index (Phi) is 4.44. The molecule has 1 aromatic rings. The highest BCUT2D eigenvalue weighted by Gasteiger charge is 2.30. The first kappa shape index (κ1) is 14.6. The van der Waals surface area contributed by atoms with Crippen LogP contribution >= 0.6 is 0 Å². The largest absolute Gasteiger partial charge is 0.497 e. The number of nitrogens with two attached hydrogens (primary N) is 1. The second-order valence-electron chi connectivity index (χ2n) is 5.23. The maximum absolute atomic E-state index is 11.2. The zero-order valence-corrected chi connectivity index (χ0v) is 11.9. The Labute approximate surface area is 118 Å². The molecule has 1 aliphatic heterocycles. The van der Waals surface area contributed by atoms with E-state index in [0.29, 0.717) is 11.4 Å². The van der Waals surface area contributed by atoms with Gasteiger partial charge in [-0.05, 0) is 32.3 Å². The molecule has 20 heavy (non-hydrogen) atoms. The smallest absolute Gasteiger partial charge is 0.292 e. The minimum Gasteiger partial charge on any atom is -0.497 e. The fraction of sp³-hybridized carbons (Fsp3) is 0.571. The van der Waals surface area contributed by atoms with Crippen molar-refractivity contribution < 1.29 is 9.66 Å². The first-order valence-electron chi connectivity index (χ1n) is 6.89. The average Bonchev–Trinajstić information content (AvgIpc) is 2.46. The molecule has 2 rings (SSSR count).